The number of ether oxygens (including phenoxy) is 4. The van der Waals surface area contributed by atoms with Crippen molar-refractivity contribution in [1.29, 1.82) is 0 Å². The Kier molecular flexibility index (Phi) is 7.83. The number of benzene rings is 3. The average Bonchev–Trinajstić information content (AvgIpc) is 2.81. The normalized spacial score (nSPS) is 10.5. The van der Waals surface area contributed by atoms with E-state index in [0.29, 0.717) is 41.2 Å². The van der Waals surface area contributed by atoms with Crippen LogP contribution in [0.5, 0.6) is 28.7 Å². The van der Waals surface area contributed by atoms with E-state index in [9.17, 15) is 9.50 Å². The van der Waals surface area contributed by atoms with E-state index in [2.05, 4.69) is 0 Å². The highest BCUT2D eigenvalue weighted by Gasteiger charge is 2.23. The van der Waals surface area contributed by atoms with Gasteiger partial charge in [-0.05, 0) is 50.1 Å². The Hall–Kier alpha value is -3.67. The molecule has 33 heavy (non-hydrogen) atoms. The molecule has 0 aliphatic heterocycles. The molecule has 174 valence electrons. The molecule has 0 bridgehead atoms. The highest BCUT2D eigenvalue weighted by atomic mass is 19.1. The molecule has 3 rings (SSSR count). The third-order valence-electron chi connectivity index (χ3n) is 5.19. The summed E-state index contributed by atoms with van der Waals surface area (Å²) in [5, 5.41) is 11.1. The summed E-state index contributed by atoms with van der Waals surface area (Å²) in [5.41, 5.74) is 3.25. The van der Waals surface area contributed by atoms with Crippen molar-refractivity contribution in [2.45, 2.75) is 20.3 Å². The molecule has 0 atom stereocenters. The summed E-state index contributed by atoms with van der Waals surface area (Å²) < 4.78 is 36.9. The van der Waals surface area contributed by atoms with E-state index in [0.717, 1.165) is 5.56 Å². The summed E-state index contributed by atoms with van der Waals surface area (Å²) in [4.78, 5) is 0. The van der Waals surface area contributed by atoms with Crippen LogP contribution in [0.3, 0.4) is 0 Å². The first-order valence-electron chi connectivity index (χ1n) is 10.6. The summed E-state index contributed by atoms with van der Waals surface area (Å²) in [6.07, 6.45) is 2.73. The number of hydrogen-bond donors (Lipinski definition) is 1. The van der Waals surface area contributed by atoms with Gasteiger partial charge in [0.25, 0.3) is 0 Å². The SMILES string of the molecule is COc1ccccc1-c1cc(OC)c(-c2ccc(OCCC=C(C)C)c(F)c2)c(O)c1OC. The van der Waals surface area contributed by atoms with E-state index in [-0.39, 0.29) is 17.2 Å². The van der Waals surface area contributed by atoms with Gasteiger partial charge < -0.3 is 24.1 Å². The number of phenols is 1. The molecule has 1 N–H and O–H groups in total. The Morgan fingerprint density at radius 2 is 1.61 bits per heavy atom. The molecule has 0 spiro atoms. The highest BCUT2D eigenvalue weighted by Crippen LogP contribution is 2.51. The van der Waals surface area contributed by atoms with Crippen LogP contribution in [-0.4, -0.2) is 33.0 Å². The molecule has 0 fully saturated rings. The van der Waals surface area contributed by atoms with Crippen molar-refractivity contribution in [2.24, 2.45) is 0 Å². The number of allylic oxidation sites excluding steroid dienone is 1. The van der Waals surface area contributed by atoms with E-state index in [1.807, 2.05) is 44.2 Å². The number of rotatable bonds is 9. The maximum atomic E-state index is 14.8. The molecule has 0 heterocycles. The van der Waals surface area contributed by atoms with Gasteiger partial charge in [-0.2, -0.15) is 0 Å². The molecule has 0 aromatic heterocycles. The molecule has 0 saturated heterocycles. The number of phenolic OH excluding ortho intramolecular Hbond substituents is 1. The van der Waals surface area contributed by atoms with Gasteiger partial charge in [-0.1, -0.05) is 35.9 Å². The quantitative estimate of drug-likeness (QED) is 0.292. The van der Waals surface area contributed by atoms with Crippen LogP contribution >= 0.6 is 0 Å². The van der Waals surface area contributed by atoms with E-state index < -0.39 is 5.82 Å². The van der Waals surface area contributed by atoms with Gasteiger partial charge in [0.1, 0.15) is 11.5 Å². The second-order valence-corrected chi connectivity index (χ2v) is 7.65. The monoisotopic (exact) mass is 452 g/mol. The van der Waals surface area contributed by atoms with Gasteiger partial charge in [0.15, 0.2) is 23.1 Å². The minimum absolute atomic E-state index is 0.150. The van der Waals surface area contributed by atoms with E-state index in [1.54, 1.807) is 25.3 Å². The summed E-state index contributed by atoms with van der Waals surface area (Å²) in [7, 11) is 4.53. The van der Waals surface area contributed by atoms with E-state index in [1.165, 1.54) is 25.9 Å². The van der Waals surface area contributed by atoms with Crippen LogP contribution in [0.1, 0.15) is 20.3 Å². The zero-order chi connectivity index (χ0) is 24.0. The number of halogens is 1. The number of methoxy groups -OCH3 is 3. The standard InChI is InChI=1S/C27H29FO5/c1-17(2)9-8-14-33-23-13-12-18(15-21(23)28)25-24(31-4)16-20(27(32-5)26(25)29)19-10-6-7-11-22(19)30-3/h6-7,9-13,15-16,29H,8,14H2,1-5H3. The number of aromatic hydroxyl groups is 1. The maximum Gasteiger partial charge on any atom is 0.170 e. The Morgan fingerprint density at radius 1 is 0.879 bits per heavy atom. The summed E-state index contributed by atoms with van der Waals surface area (Å²) in [5.74, 6) is 0.680. The zero-order valence-corrected chi connectivity index (χ0v) is 19.6. The fourth-order valence-corrected chi connectivity index (χ4v) is 3.63. The van der Waals surface area contributed by atoms with Gasteiger partial charge >= 0.3 is 0 Å². The van der Waals surface area contributed by atoms with Gasteiger partial charge in [0.2, 0.25) is 0 Å². The van der Waals surface area contributed by atoms with Crippen LogP contribution in [-0.2, 0) is 0 Å². The molecular weight excluding hydrogens is 423 g/mol. The van der Waals surface area contributed by atoms with Crippen molar-refractivity contribution in [2.75, 3.05) is 27.9 Å². The molecule has 3 aromatic rings. The van der Waals surface area contributed by atoms with Crippen LogP contribution in [0.15, 0.2) is 60.2 Å². The fraction of sp³-hybridized carbons (Fsp3) is 0.259. The molecule has 0 saturated carbocycles. The third-order valence-corrected chi connectivity index (χ3v) is 5.19. The van der Waals surface area contributed by atoms with Crippen molar-refractivity contribution in [3.8, 4) is 51.0 Å². The average molecular weight is 453 g/mol. The van der Waals surface area contributed by atoms with Gasteiger partial charge in [-0.3, -0.25) is 0 Å². The predicted molar refractivity (Wildman–Crippen MR) is 128 cm³/mol. The minimum Gasteiger partial charge on any atom is -0.504 e. The minimum atomic E-state index is -0.529. The Balaban J connectivity index is 2.05. The molecule has 0 unspecified atom stereocenters. The fourth-order valence-electron chi connectivity index (χ4n) is 3.63. The Labute approximate surface area is 194 Å². The second-order valence-electron chi connectivity index (χ2n) is 7.65. The van der Waals surface area contributed by atoms with Crippen LogP contribution in [0.2, 0.25) is 0 Å². The third kappa shape index (κ3) is 5.22. The largest absolute Gasteiger partial charge is 0.504 e. The van der Waals surface area contributed by atoms with Gasteiger partial charge in [-0.25, -0.2) is 4.39 Å². The van der Waals surface area contributed by atoms with Crippen molar-refractivity contribution in [1.82, 2.24) is 0 Å². The van der Waals surface area contributed by atoms with Crippen molar-refractivity contribution >= 4 is 0 Å². The first kappa shape index (κ1) is 24.0. The first-order valence-corrected chi connectivity index (χ1v) is 10.6. The number of para-hydroxylation sites is 1. The summed E-state index contributed by atoms with van der Waals surface area (Å²) in [6.45, 7) is 4.38. The molecule has 0 radical (unpaired) electrons. The number of hydrogen-bond acceptors (Lipinski definition) is 5. The highest BCUT2D eigenvalue weighted by molar-refractivity contribution is 5.89. The summed E-state index contributed by atoms with van der Waals surface area (Å²) >= 11 is 0. The topological polar surface area (TPSA) is 57.2 Å². The van der Waals surface area contributed by atoms with Crippen LogP contribution in [0.25, 0.3) is 22.3 Å². The van der Waals surface area contributed by atoms with Crippen LogP contribution < -0.4 is 18.9 Å². The lowest BCUT2D eigenvalue weighted by Gasteiger charge is -2.19. The smallest absolute Gasteiger partial charge is 0.170 e. The van der Waals surface area contributed by atoms with E-state index in [4.69, 9.17) is 18.9 Å². The van der Waals surface area contributed by atoms with Crippen LogP contribution in [0, 0.1) is 5.82 Å². The molecule has 0 aliphatic carbocycles. The molecule has 0 amide bonds. The lowest BCUT2D eigenvalue weighted by atomic mass is 9.96. The lowest BCUT2D eigenvalue weighted by molar-refractivity contribution is 0.308. The van der Waals surface area contributed by atoms with E-state index >= 15 is 0 Å². The molecule has 0 aliphatic rings. The molecule has 3 aromatic carbocycles. The maximum absolute atomic E-state index is 14.8. The van der Waals surface area contributed by atoms with Gasteiger partial charge in [-0.15, -0.1) is 0 Å². The molecule has 5 nitrogen and oxygen atoms in total. The van der Waals surface area contributed by atoms with Crippen molar-refractivity contribution in [3.63, 3.8) is 0 Å². The van der Waals surface area contributed by atoms with Gasteiger partial charge in [0.05, 0.1) is 33.5 Å². The summed E-state index contributed by atoms with van der Waals surface area (Å²) in [6, 6.07) is 13.7. The van der Waals surface area contributed by atoms with Crippen molar-refractivity contribution in [3.05, 3.63) is 66.0 Å². The van der Waals surface area contributed by atoms with Gasteiger partial charge in [0, 0.05) is 11.1 Å². The lowest BCUT2D eigenvalue weighted by Crippen LogP contribution is -1.99. The van der Waals surface area contributed by atoms with Crippen LogP contribution in [0.4, 0.5) is 4.39 Å². The predicted octanol–water partition coefficient (Wildman–Crippen LogP) is 6.63. The molecule has 6 heteroatoms. The Morgan fingerprint density at radius 3 is 2.24 bits per heavy atom. The second kappa shape index (κ2) is 10.8. The zero-order valence-electron chi connectivity index (χ0n) is 19.6. The molecular formula is C27H29FO5. The Bertz CT molecular complexity index is 1150. The van der Waals surface area contributed by atoms with Crippen molar-refractivity contribution < 1.29 is 28.4 Å². The first-order chi connectivity index (χ1) is 15.9.